The fourth-order valence-corrected chi connectivity index (χ4v) is 2.50. The number of hydrogen-bond donors (Lipinski definition) is 1. The molecule has 0 spiro atoms. The summed E-state index contributed by atoms with van der Waals surface area (Å²) < 4.78 is 10.8. The fraction of sp³-hybridized carbons (Fsp3) is 0.647. The van der Waals surface area contributed by atoms with E-state index in [1.54, 1.807) is 14.2 Å². The van der Waals surface area contributed by atoms with E-state index in [0.29, 0.717) is 0 Å². The molecule has 1 rings (SSSR count). The van der Waals surface area contributed by atoms with Gasteiger partial charge in [0.1, 0.15) is 0 Å². The van der Waals surface area contributed by atoms with Gasteiger partial charge in [-0.2, -0.15) is 0 Å². The van der Waals surface area contributed by atoms with Crippen LogP contribution in [-0.4, -0.2) is 14.2 Å². The predicted octanol–water partition coefficient (Wildman–Crippen LogP) is 4.45. The molecule has 1 atom stereocenters. The van der Waals surface area contributed by atoms with E-state index in [9.17, 15) is 0 Å². The summed E-state index contributed by atoms with van der Waals surface area (Å²) in [5.74, 6) is 1.52. The molecule has 3 heteroatoms. The van der Waals surface area contributed by atoms with Crippen LogP contribution < -0.4 is 15.2 Å². The number of benzene rings is 1. The zero-order valence-corrected chi connectivity index (χ0v) is 13.2. The molecule has 0 saturated carbocycles. The summed E-state index contributed by atoms with van der Waals surface area (Å²) in [7, 11) is 3.32. The number of para-hydroxylation sites is 1. The standard InChI is InChI=1S/C17H29NO2/c1-4-5-6-7-8-9-12-15(18)14-11-10-13-16(19-2)17(14)20-3/h10-11,13,15H,4-9,12,18H2,1-3H3. The van der Waals surface area contributed by atoms with Crippen molar-refractivity contribution >= 4 is 0 Å². The van der Waals surface area contributed by atoms with Crippen LogP contribution in [0.15, 0.2) is 18.2 Å². The zero-order valence-electron chi connectivity index (χ0n) is 13.2. The summed E-state index contributed by atoms with van der Waals surface area (Å²) in [5.41, 5.74) is 7.34. The van der Waals surface area contributed by atoms with Crippen LogP contribution in [-0.2, 0) is 0 Å². The maximum Gasteiger partial charge on any atom is 0.165 e. The highest BCUT2D eigenvalue weighted by Crippen LogP contribution is 2.35. The molecule has 2 N–H and O–H groups in total. The molecule has 0 radical (unpaired) electrons. The summed E-state index contributed by atoms with van der Waals surface area (Å²) in [4.78, 5) is 0. The van der Waals surface area contributed by atoms with Crippen LogP contribution in [0.5, 0.6) is 11.5 Å². The molecular weight excluding hydrogens is 250 g/mol. The summed E-state index contributed by atoms with van der Waals surface area (Å²) in [5, 5.41) is 0. The molecule has 1 aromatic carbocycles. The molecule has 1 aromatic rings. The van der Waals surface area contributed by atoms with Crippen molar-refractivity contribution in [1.29, 1.82) is 0 Å². The van der Waals surface area contributed by atoms with Crippen molar-refractivity contribution in [2.75, 3.05) is 14.2 Å². The first-order valence-electron chi connectivity index (χ1n) is 7.71. The SMILES string of the molecule is CCCCCCCCC(N)c1cccc(OC)c1OC. The Hall–Kier alpha value is -1.22. The van der Waals surface area contributed by atoms with Gasteiger partial charge in [-0.1, -0.05) is 57.6 Å². The molecule has 0 aliphatic carbocycles. The van der Waals surface area contributed by atoms with Crippen LogP contribution in [0.4, 0.5) is 0 Å². The number of hydrogen-bond acceptors (Lipinski definition) is 3. The largest absolute Gasteiger partial charge is 0.493 e. The molecule has 1 unspecified atom stereocenters. The topological polar surface area (TPSA) is 44.5 Å². The molecular formula is C17H29NO2. The van der Waals surface area contributed by atoms with E-state index < -0.39 is 0 Å². The van der Waals surface area contributed by atoms with Gasteiger partial charge in [0.25, 0.3) is 0 Å². The van der Waals surface area contributed by atoms with Crippen LogP contribution >= 0.6 is 0 Å². The minimum absolute atomic E-state index is 0.0197. The Morgan fingerprint density at radius 2 is 1.70 bits per heavy atom. The molecule has 0 heterocycles. The molecule has 0 amide bonds. The molecule has 114 valence electrons. The van der Waals surface area contributed by atoms with Crippen molar-refractivity contribution in [3.63, 3.8) is 0 Å². The highest BCUT2D eigenvalue weighted by atomic mass is 16.5. The monoisotopic (exact) mass is 279 g/mol. The lowest BCUT2D eigenvalue weighted by Crippen LogP contribution is -2.12. The summed E-state index contributed by atoms with van der Waals surface area (Å²) in [6.07, 6.45) is 8.72. The number of nitrogens with two attached hydrogens (primary N) is 1. The second-order valence-electron chi connectivity index (χ2n) is 5.25. The van der Waals surface area contributed by atoms with Gasteiger partial charge in [-0.05, 0) is 12.5 Å². The van der Waals surface area contributed by atoms with Gasteiger partial charge in [-0.15, -0.1) is 0 Å². The molecule has 0 aromatic heterocycles. The highest BCUT2D eigenvalue weighted by Gasteiger charge is 2.15. The summed E-state index contributed by atoms with van der Waals surface area (Å²) >= 11 is 0. The number of methoxy groups -OCH3 is 2. The molecule has 0 saturated heterocycles. The maximum atomic E-state index is 6.30. The first-order chi connectivity index (χ1) is 9.74. The van der Waals surface area contributed by atoms with Crippen LogP contribution in [0.3, 0.4) is 0 Å². The number of ether oxygens (including phenoxy) is 2. The Morgan fingerprint density at radius 3 is 2.35 bits per heavy atom. The quantitative estimate of drug-likeness (QED) is 0.643. The Balaban J connectivity index is 2.48. The van der Waals surface area contributed by atoms with Gasteiger partial charge >= 0.3 is 0 Å². The Kier molecular flexibility index (Phi) is 8.12. The average Bonchev–Trinajstić information content (AvgIpc) is 2.49. The van der Waals surface area contributed by atoms with E-state index in [1.165, 1.54) is 38.5 Å². The van der Waals surface area contributed by atoms with Gasteiger partial charge < -0.3 is 15.2 Å². The molecule has 0 aliphatic rings. The summed E-state index contributed by atoms with van der Waals surface area (Å²) in [6.45, 7) is 2.24. The Morgan fingerprint density at radius 1 is 1.00 bits per heavy atom. The van der Waals surface area contributed by atoms with Gasteiger partial charge in [0.15, 0.2) is 11.5 Å². The molecule has 20 heavy (non-hydrogen) atoms. The maximum absolute atomic E-state index is 6.30. The van der Waals surface area contributed by atoms with Gasteiger partial charge in [0.05, 0.1) is 14.2 Å². The van der Waals surface area contributed by atoms with E-state index in [-0.39, 0.29) is 6.04 Å². The van der Waals surface area contributed by atoms with Crippen molar-refractivity contribution in [3.05, 3.63) is 23.8 Å². The molecule has 0 fully saturated rings. The van der Waals surface area contributed by atoms with Gasteiger partial charge in [-0.3, -0.25) is 0 Å². The lowest BCUT2D eigenvalue weighted by molar-refractivity contribution is 0.348. The zero-order chi connectivity index (χ0) is 14.8. The first kappa shape index (κ1) is 16.8. The van der Waals surface area contributed by atoms with Crippen LogP contribution in [0, 0.1) is 0 Å². The van der Waals surface area contributed by atoms with E-state index in [0.717, 1.165) is 23.5 Å². The van der Waals surface area contributed by atoms with Crippen molar-refractivity contribution in [2.24, 2.45) is 5.73 Å². The smallest absolute Gasteiger partial charge is 0.165 e. The van der Waals surface area contributed by atoms with Crippen molar-refractivity contribution in [1.82, 2.24) is 0 Å². The molecule has 0 bridgehead atoms. The van der Waals surface area contributed by atoms with Crippen molar-refractivity contribution in [2.45, 2.75) is 57.9 Å². The highest BCUT2D eigenvalue weighted by molar-refractivity contribution is 5.47. The van der Waals surface area contributed by atoms with Crippen molar-refractivity contribution in [3.8, 4) is 11.5 Å². The third-order valence-electron chi connectivity index (χ3n) is 3.70. The predicted molar refractivity (Wildman–Crippen MR) is 84.5 cm³/mol. The second kappa shape index (κ2) is 9.65. The molecule has 0 aliphatic heterocycles. The van der Waals surface area contributed by atoms with Crippen molar-refractivity contribution < 1.29 is 9.47 Å². The summed E-state index contributed by atoms with van der Waals surface area (Å²) in [6, 6.07) is 5.92. The Labute approximate surface area is 123 Å². The van der Waals surface area contributed by atoms with Crippen LogP contribution in [0.25, 0.3) is 0 Å². The fourth-order valence-electron chi connectivity index (χ4n) is 2.50. The third-order valence-corrected chi connectivity index (χ3v) is 3.70. The lowest BCUT2D eigenvalue weighted by Gasteiger charge is -2.17. The van der Waals surface area contributed by atoms with E-state index in [4.69, 9.17) is 15.2 Å². The lowest BCUT2D eigenvalue weighted by atomic mass is 9.99. The van der Waals surface area contributed by atoms with Crippen LogP contribution in [0.1, 0.15) is 63.5 Å². The number of unbranched alkanes of at least 4 members (excludes halogenated alkanes) is 5. The van der Waals surface area contributed by atoms with E-state index in [2.05, 4.69) is 6.92 Å². The van der Waals surface area contributed by atoms with Gasteiger partial charge in [0.2, 0.25) is 0 Å². The normalized spacial score (nSPS) is 12.2. The minimum Gasteiger partial charge on any atom is -0.493 e. The van der Waals surface area contributed by atoms with Gasteiger partial charge in [-0.25, -0.2) is 0 Å². The minimum atomic E-state index is 0.0197. The van der Waals surface area contributed by atoms with Gasteiger partial charge in [0, 0.05) is 11.6 Å². The van der Waals surface area contributed by atoms with Crippen LogP contribution in [0.2, 0.25) is 0 Å². The van der Waals surface area contributed by atoms with E-state index >= 15 is 0 Å². The molecule has 3 nitrogen and oxygen atoms in total. The second-order valence-corrected chi connectivity index (χ2v) is 5.25. The first-order valence-corrected chi connectivity index (χ1v) is 7.71. The van der Waals surface area contributed by atoms with E-state index in [1.807, 2.05) is 18.2 Å². The average molecular weight is 279 g/mol. The Bertz CT molecular complexity index is 379. The number of rotatable bonds is 10. The third kappa shape index (κ3) is 5.04.